The Kier molecular flexibility index (Phi) is 6.08. The van der Waals surface area contributed by atoms with Crippen LogP contribution in [0.3, 0.4) is 0 Å². The summed E-state index contributed by atoms with van der Waals surface area (Å²) in [6.07, 6.45) is 2.86. The second kappa shape index (κ2) is 5.56. The maximum absolute atomic E-state index is 2.36. The Hall–Kier alpha value is 0.558. The first kappa shape index (κ1) is 6.56. The molecule has 0 saturated heterocycles. The number of rotatable bonds is 3. The van der Waals surface area contributed by atoms with Crippen LogP contribution in [0.15, 0.2) is 0 Å². The van der Waals surface area contributed by atoms with Crippen LogP contribution in [0.25, 0.3) is 0 Å². The molecule has 0 aromatic rings. The molecule has 38 valence electrons. The maximum atomic E-state index is 2.36. The molecule has 0 aromatic heterocycles. The summed E-state index contributed by atoms with van der Waals surface area (Å²) < 4.78 is 0. The molecular weight excluding hydrogens is 135 g/mol. The summed E-state index contributed by atoms with van der Waals surface area (Å²) in [5.41, 5.74) is 2.36. The van der Waals surface area contributed by atoms with E-state index >= 15 is 0 Å². The normalized spacial score (nSPS) is 11.0. The molecule has 1 unspecified atom stereocenters. The van der Waals surface area contributed by atoms with E-state index in [-0.39, 0.29) is 0 Å². The van der Waals surface area contributed by atoms with Gasteiger partial charge in [-0.05, 0) is 0 Å². The Balaban J connectivity index is 2.34. The van der Waals surface area contributed by atoms with Crippen LogP contribution in [0, 0.1) is 0 Å². The number of unbranched alkanes of at least 4 members (excludes halogenated alkanes) is 1. The first-order chi connectivity index (χ1) is 2.91. The van der Waals surface area contributed by atoms with E-state index in [1.54, 1.807) is 0 Å². The molecule has 1 heteroatoms. The Labute approximate surface area is 47.0 Å². The molecule has 0 fully saturated rings. The van der Waals surface area contributed by atoms with Gasteiger partial charge in [0, 0.05) is 0 Å². The average molecular weight is 148 g/mol. The van der Waals surface area contributed by atoms with Gasteiger partial charge in [-0.15, -0.1) is 0 Å². The summed E-state index contributed by atoms with van der Waals surface area (Å²) in [6, 6.07) is 0. The molecule has 0 spiro atoms. The SMILES string of the molecule is CCCC[AsH]C. The van der Waals surface area contributed by atoms with Crippen LogP contribution < -0.4 is 0 Å². The van der Waals surface area contributed by atoms with Crippen molar-refractivity contribution in [3.63, 3.8) is 0 Å². The van der Waals surface area contributed by atoms with Crippen molar-refractivity contribution >= 4 is 15.8 Å². The zero-order chi connectivity index (χ0) is 4.83. The minimum atomic E-state index is 0.498. The van der Waals surface area contributed by atoms with Crippen molar-refractivity contribution in [1.82, 2.24) is 0 Å². The molecule has 0 heterocycles. The molecule has 0 aliphatic rings. The van der Waals surface area contributed by atoms with Gasteiger partial charge in [-0.3, -0.25) is 0 Å². The van der Waals surface area contributed by atoms with Gasteiger partial charge >= 0.3 is 46.4 Å². The first-order valence-corrected chi connectivity index (χ1v) is 6.14. The minimum absolute atomic E-state index is 0.498. The average Bonchev–Trinajstić information content (AvgIpc) is 1.61. The van der Waals surface area contributed by atoms with Gasteiger partial charge in [0.2, 0.25) is 0 Å². The molecule has 0 aliphatic heterocycles. The van der Waals surface area contributed by atoms with Crippen molar-refractivity contribution in [2.24, 2.45) is 0 Å². The van der Waals surface area contributed by atoms with E-state index < -0.39 is 0 Å². The summed E-state index contributed by atoms with van der Waals surface area (Å²) in [4.78, 5) is 0. The van der Waals surface area contributed by atoms with E-state index in [0.29, 0.717) is 15.8 Å². The molecule has 6 heavy (non-hydrogen) atoms. The van der Waals surface area contributed by atoms with E-state index in [4.69, 9.17) is 0 Å². The molecule has 0 aromatic carbocycles. The van der Waals surface area contributed by atoms with Gasteiger partial charge in [0.05, 0.1) is 0 Å². The van der Waals surface area contributed by atoms with Crippen molar-refractivity contribution in [3.8, 4) is 0 Å². The molecule has 0 rings (SSSR count). The third kappa shape index (κ3) is 4.56. The molecule has 1 atom stereocenters. The van der Waals surface area contributed by atoms with Gasteiger partial charge in [-0.2, -0.15) is 0 Å². The summed E-state index contributed by atoms with van der Waals surface area (Å²) in [7, 11) is 0. The van der Waals surface area contributed by atoms with Crippen LogP contribution in [0.1, 0.15) is 19.8 Å². The van der Waals surface area contributed by atoms with Crippen LogP contribution in [0.4, 0.5) is 0 Å². The second-order valence-corrected chi connectivity index (χ2v) is 3.99. The van der Waals surface area contributed by atoms with Crippen molar-refractivity contribution in [3.05, 3.63) is 0 Å². The van der Waals surface area contributed by atoms with Crippen molar-refractivity contribution in [1.29, 1.82) is 0 Å². The van der Waals surface area contributed by atoms with Crippen LogP contribution in [-0.4, -0.2) is 15.8 Å². The quantitative estimate of drug-likeness (QED) is 0.422. The predicted molar refractivity (Wildman–Crippen MR) is 32.7 cm³/mol. The van der Waals surface area contributed by atoms with Crippen molar-refractivity contribution < 1.29 is 0 Å². The number of hydrogen-bond donors (Lipinski definition) is 0. The monoisotopic (exact) mass is 148 g/mol. The molecule has 0 radical (unpaired) electrons. The fourth-order valence-electron chi connectivity index (χ4n) is 0.354. The van der Waals surface area contributed by atoms with Gasteiger partial charge in [0.1, 0.15) is 0 Å². The van der Waals surface area contributed by atoms with E-state index in [1.807, 2.05) is 0 Å². The first-order valence-electron chi connectivity index (χ1n) is 2.56. The van der Waals surface area contributed by atoms with Crippen molar-refractivity contribution in [2.45, 2.75) is 30.7 Å². The predicted octanol–water partition coefficient (Wildman–Crippen LogP) is 1.69. The Morgan fingerprint density at radius 1 is 1.50 bits per heavy atom. The molecule has 0 nitrogen and oxygen atoms in total. The van der Waals surface area contributed by atoms with Crippen LogP contribution in [-0.2, 0) is 0 Å². The topological polar surface area (TPSA) is 0 Å². The molecular formula is C5H13As. The summed E-state index contributed by atoms with van der Waals surface area (Å²) >= 11 is 0.498. The zero-order valence-electron chi connectivity index (χ0n) is 4.62. The molecule has 0 saturated carbocycles. The van der Waals surface area contributed by atoms with E-state index in [1.165, 1.54) is 18.1 Å². The van der Waals surface area contributed by atoms with E-state index in [0.717, 1.165) is 0 Å². The van der Waals surface area contributed by atoms with Gasteiger partial charge < -0.3 is 0 Å². The third-order valence-electron chi connectivity index (χ3n) is 0.780. The van der Waals surface area contributed by atoms with Gasteiger partial charge in [0.25, 0.3) is 0 Å². The van der Waals surface area contributed by atoms with Crippen LogP contribution in [0.2, 0.25) is 10.9 Å². The van der Waals surface area contributed by atoms with Gasteiger partial charge in [0.15, 0.2) is 0 Å². The molecule has 0 aliphatic carbocycles. The third-order valence-corrected chi connectivity index (χ3v) is 2.57. The van der Waals surface area contributed by atoms with E-state index in [2.05, 4.69) is 12.6 Å². The Morgan fingerprint density at radius 2 is 2.17 bits per heavy atom. The summed E-state index contributed by atoms with van der Waals surface area (Å²) in [5.74, 6) is 0. The van der Waals surface area contributed by atoms with Crippen LogP contribution >= 0.6 is 0 Å². The number of hydrogen-bond acceptors (Lipinski definition) is 0. The molecule has 0 N–H and O–H groups in total. The summed E-state index contributed by atoms with van der Waals surface area (Å²) in [5, 5.41) is 1.54. The fourth-order valence-corrected chi connectivity index (χ4v) is 1.84. The Morgan fingerprint density at radius 3 is 2.33 bits per heavy atom. The summed E-state index contributed by atoms with van der Waals surface area (Å²) in [6.45, 7) is 2.25. The van der Waals surface area contributed by atoms with Crippen molar-refractivity contribution in [2.75, 3.05) is 0 Å². The van der Waals surface area contributed by atoms with Gasteiger partial charge in [-0.25, -0.2) is 0 Å². The van der Waals surface area contributed by atoms with E-state index in [9.17, 15) is 0 Å². The molecule has 0 amide bonds. The standard InChI is InChI=1S/C5H13As/c1-3-4-5-6-2/h6H,3-5H2,1-2H3. The second-order valence-electron chi connectivity index (χ2n) is 1.46. The molecule has 0 bridgehead atoms. The van der Waals surface area contributed by atoms with Gasteiger partial charge in [-0.1, -0.05) is 0 Å². The van der Waals surface area contributed by atoms with Crippen LogP contribution in [0.5, 0.6) is 0 Å². The zero-order valence-corrected chi connectivity index (χ0v) is 6.72. The fraction of sp³-hybridized carbons (Fsp3) is 1.00. The Bertz CT molecular complexity index is 15.9.